The largest absolute Gasteiger partial charge is 0.369 e. The second kappa shape index (κ2) is 6.56. The van der Waals surface area contributed by atoms with Crippen LogP contribution in [0.25, 0.3) is 22.5 Å². The summed E-state index contributed by atoms with van der Waals surface area (Å²) in [5.41, 5.74) is 5.54. The van der Waals surface area contributed by atoms with Crippen molar-refractivity contribution in [3.63, 3.8) is 0 Å². The molecule has 2 N–H and O–H groups in total. The molecule has 0 atom stereocenters. The van der Waals surface area contributed by atoms with Gasteiger partial charge in [-0.15, -0.1) is 10.2 Å². The Balaban J connectivity index is 1.64. The number of nitrogens with one attached hydrogen (secondary N) is 2. The fraction of sp³-hybridized carbons (Fsp3) is 0.353. The smallest absolute Gasteiger partial charge is 0.204 e. The Morgan fingerprint density at radius 3 is 2.92 bits per heavy atom. The zero-order chi connectivity index (χ0) is 17.2. The molecule has 0 amide bonds. The van der Waals surface area contributed by atoms with Gasteiger partial charge < -0.3 is 10.6 Å². The molecule has 0 radical (unpaired) electrons. The van der Waals surface area contributed by atoms with Crippen molar-refractivity contribution in [2.75, 3.05) is 25.5 Å². The molecule has 2 heterocycles. The molecule has 0 fully saturated rings. The van der Waals surface area contributed by atoms with Crippen LogP contribution >= 0.6 is 0 Å². The molecule has 1 aliphatic rings. The van der Waals surface area contributed by atoms with E-state index in [-0.39, 0.29) is 0 Å². The maximum atomic E-state index is 4.47. The quantitative estimate of drug-likeness (QED) is 0.512. The molecule has 0 aliphatic heterocycles. The second-order valence-electron chi connectivity index (χ2n) is 6.08. The van der Waals surface area contributed by atoms with Crippen LogP contribution in [0.1, 0.15) is 17.7 Å². The third-order valence-electron chi connectivity index (χ3n) is 4.32. The Morgan fingerprint density at radius 2 is 2.12 bits per heavy atom. The van der Waals surface area contributed by atoms with Crippen LogP contribution in [-0.4, -0.2) is 50.3 Å². The van der Waals surface area contributed by atoms with Gasteiger partial charge in [0.15, 0.2) is 0 Å². The molecule has 8 heteroatoms. The van der Waals surface area contributed by atoms with Crippen molar-refractivity contribution in [1.82, 2.24) is 35.5 Å². The van der Waals surface area contributed by atoms with E-state index in [1.807, 2.05) is 13.1 Å². The molecular weight excluding hydrogens is 316 g/mol. The zero-order valence-electron chi connectivity index (χ0n) is 14.3. The predicted octanol–water partition coefficient (Wildman–Crippen LogP) is 1.26. The van der Waals surface area contributed by atoms with Crippen LogP contribution in [-0.2, 0) is 13.5 Å². The van der Waals surface area contributed by atoms with E-state index in [1.54, 1.807) is 13.4 Å². The average molecular weight is 336 g/mol. The van der Waals surface area contributed by atoms with Gasteiger partial charge in [-0.25, -0.2) is 9.97 Å². The number of tetrazole rings is 1. The number of aromatic nitrogens is 6. The maximum Gasteiger partial charge on any atom is 0.204 e. The Bertz CT molecular complexity index is 901. The lowest BCUT2D eigenvalue weighted by molar-refractivity contribution is 0.630. The summed E-state index contributed by atoms with van der Waals surface area (Å²) >= 11 is 0. The minimum atomic E-state index is 0.637. The highest BCUT2D eigenvalue weighted by Crippen LogP contribution is 2.40. The van der Waals surface area contributed by atoms with Crippen molar-refractivity contribution in [2.45, 2.75) is 12.8 Å². The Morgan fingerprint density at radius 1 is 1.20 bits per heavy atom. The average Bonchev–Trinajstić information content (AvgIpc) is 3.21. The highest BCUT2D eigenvalue weighted by atomic mass is 15.6. The molecule has 4 rings (SSSR count). The van der Waals surface area contributed by atoms with E-state index in [0.717, 1.165) is 48.6 Å². The molecule has 0 saturated heterocycles. The third-order valence-corrected chi connectivity index (χ3v) is 4.32. The van der Waals surface area contributed by atoms with Crippen molar-refractivity contribution >= 4 is 5.82 Å². The molecule has 0 saturated carbocycles. The first-order chi connectivity index (χ1) is 12.3. The van der Waals surface area contributed by atoms with Gasteiger partial charge in [0.2, 0.25) is 5.82 Å². The molecule has 0 bridgehead atoms. The van der Waals surface area contributed by atoms with Crippen LogP contribution in [0, 0.1) is 0 Å². The summed E-state index contributed by atoms with van der Waals surface area (Å²) in [6.45, 7) is 1.85. The van der Waals surface area contributed by atoms with E-state index in [4.69, 9.17) is 0 Å². The van der Waals surface area contributed by atoms with Crippen LogP contribution in [0.2, 0.25) is 0 Å². The first kappa shape index (κ1) is 15.6. The summed E-state index contributed by atoms with van der Waals surface area (Å²) in [5, 5.41) is 18.9. The maximum absolute atomic E-state index is 4.47. The number of rotatable bonds is 6. The lowest BCUT2D eigenvalue weighted by Gasteiger charge is -2.10. The van der Waals surface area contributed by atoms with Crippen LogP contribution in [0.3, 0.4) is 0 Å². The highest BCUT2D eigenvalue weighted by molar-refractivity contribution is 5.85. The van der Waals surface area contributed by atoms with Crippen molar-refractivity contribution in [3.8, 4) is 22.5 Å². The van der Waals surface area contributed by atoms with Gasteiger partial charge in [-0.05, 0) is 42.4 Å². The van der Waals surface area contributed by atoms with E-state index in [0.29, 0.717) is 5.82 Å². The van der Waals surface area contributed by atoms with Gasteiger partial charge in [0, 0.05) is 24.1 Å². The molecule has 1 aromatic carbocycles. The summed E-state index contributed by atoms with van der Waals surface area (Å²) in [5.74, 6) is 1.54. The normalized spacial score (nSPS) is 12.1. The molecule has 1 aliphatic carbocycles. The Hall–Kier alpha value is -2.87. The van der Waals surface area contributed by atoms with Crippen LogP contribution < -0.4 is 10.6 Å². The van der Waals surface area contributed by atoms with E-state index in [2.05, 4.69) is 48.1 Å². The Kier molecular flexibility index (Phi) is 4.10. The van der Waals surface area contributed by atoms with E-state index < -0.39 is 0 Å². The van der Waals surface area contributed by atoms with Crippen LogP contribution in [0.4, 0.5) is 5.82 Å². The van der Waals surface area contributed by atoms with Crippen molar-refractivity contribution in [3.05, 3.63) is 35.8 Å². The highest BCUT2D eigenvalue weighted by Gasteiger charge is 2.24. The number of anilines is 1. The first-order valence-corrected chi connectivity index (χ1v) is 8.36. The predicted molar refractivity (Wildman–Crippen MR) is 95.1 cm³/mol. The molecule has 25 heavy (non-hydrogen) atoms. The number of hydrogen-bond donors (Lipinski definition) is 2. The number of hydrogen-bond acceptors (Lipinski definition) is 7. The first-order valence-electron chi connectivity index (χ1n) is 8.36. The summed E-state index contributed by atoms with van der Waals surface area (Å²) in [7, 11) is 3.73. The fourth-order valence-corrected chi connectivity index (χ4v) is 3.15. The van der Waals surface area contributed by atoms with Crippen molar-refractivity contribution in [1.29, 1.82) is 0 Å². The van der Waals surface area contributed by atoms with Gasteiger partial charge >= 0.3 is 0 Å². The topological polar surface area (TPSA) is 93.4 Å². The van der Waals surface area contributed by atoms with Gasteiger partial charge in [0.05, 0.1) is 12.7 Å². The van der Waals surface area contributed by atoms with Gasteiger partial charge in [0.1, 0.15) is 12.1 Å². The van der Waals surface area contributed by atoms with Gasteiger partial charge in [0.25, 0.3) is 0 Å². The molecule has 8 nitrogen and oxygen atoms in total. The monoisotopic (exact) mass is 336 g/mol. The van der Waals surface area contributed by atoms with E-state index >= 15 is 0 Å². The molecule has 128 valence electrons. The van der Waals surface area contributed by atoms with Crippen LogP contribution in [0.5, 0.6) is 0 Å². The fourth-order valence-electron chi connectivity index (χ4n) is 3.15. The SMILES string of the molecule is CNCCCNc1ncnc2c1-c1ccc(-c3nnn(C)n3)cc1C2. The third kappa shape index (κ3) is 2.96. The van der Waals surface area contributed by atoms with E-state index in [1.165, 1.54) is 15.9 Å². The minimum absolute atomic E-state index is 0.637. The van der Waals surface area contributed by atoms with Crippen molar-refractivity contribution < 1.29 is 0 Å². The van der Waals surface area contributed by atoms with Crippen molar-refractivity contribution in [2.24, 2.45) is 7.05 Å². The van der Waals surface area contributed by atoms with Gasteiger partial charge in [-0.3, -0.25) is 0 Å². The lowest BCUT2D eigenvalue weighted by atomic mass is 10.0. The number of benzene rings is 1. The Labute approximate surface area is 145 Å². The summed E-state index contributed by atoms with van der Waals surface area (Å²) in [6, 6.07) is 6.26. The molecule has 0 spiro atoms. The molecule has 2 aromatic heterocycles. The lowest BCUT2D eigenvalue weighted by Crippen LogP contribution is -2.14. The second-order valence-corrected chi connectivity index (χ2v) is 6.08. The van der Waals surface area contributed by atoms with E-state index in [9.17, 15) is 0 Å². The number of fused-ring (bicyclic) bond motifs is 3. The molecule has 3 aromatic rings. The zero-order valence-corrected chi connectivity index (χ0v) is 14.3. The van der Waals surface area contributed by atoms with Gasteiger partial charge in [-0.2, -0.15) is 4.80 Å². The number of aryl methyl sites for hydroxylation is 1. The summed E-state index contributed by atoms with van der Waals surface area (Å²) in [6.07, 6.45) is 3.47. The van der Waals surface area contributed by atoms with Crippen LogP contribution in [0.15, 0.2) is 24.5 Å². The standard InChI is InChI=1S/C17H20N8/c1-18-6-3-7-19-17-15-13-5-4-11(16-22-24-25(2)23-16)8-12(13)9-14(15)20-10-21-17/h4-5,8,10,18H,3,6-7,9H2,1-2H3,(H,19,20,21). The molecular formula is C17H20N8. The summed E-state index contributed by atoms with van der Waals surface area (Å²) < 4.78 is 0. The summed E-state index contributed by atoms with van der Waals surface area (Å²) in [4.78, 5) is 10.4. The number of nitrogens with zero attached hydrogens (tertiary/aromatic N) is 6. The van der Waals surface area contributed by atoms with Gasteiger partial charge in [-0.1, -0.05) is 12.1 Å². The minimum Gasteiger partial charge on any atom is -0.369 e. The molecule has 0 unspecified atom stereocenters.